The van der Waals surface area contributed by atoms with E-state index in [2.05, 4.69) is 4.90 Å². The van der Waals surface area contributed by atoms with E-state index in [1.807, 2.05) is 42.5 Å². The quantitative estimate of drug-likeness (QED) is 0.925. The number of benzene rings is 1. The summed E-state index contributed by atoms with van der Waals surface area (Å²) < 4.78 is 24.2. The molecule has 4 nitrogen and oxygen atoms in total. The number of fused-ring (bicyclic) bond motifs is 1. The highest BCUT2D eigenvalue weighted by Crippen LogP contribution is 2.37. The maximum Gasteiger partial charge on any atom is 0.220 e. The summed E-state index contributed by atoms with van der Waals surface area (Å²) in [5.41, 5.74) is 2.70. The van der Waals surface area contributed by atoms with Crippen molar-refractivity contribution in [2.24, 2.45) is 5.14 Å². The molecule has 1 unspecified atom stereocenters. The molecule has 1 saturated heterocycles. The molecule has 2 N–H and O–H groups in total. The fourth-order valence-corrected chi connectivity index (χ4v) is 4.18. The van der Waals surface area contributed by atoms with E-state index in [9.17, 15) is 8.42 Å². The van der Waals surface area contributed by atoms with E-state index in [-0.39, 0.29) is 0 Å². The van der Waals surface area contributed by atoms with Crippen molar-refractivity contribution >= 4 is 10.0 Å². The second-order valence-corrected chi connectivity index (χ2v) is 6.88. The maximum atomic E-state index is 12.1. The molecule has 2 aliphatic heterocycles. The lowest BCUT2D eigenvalue weighted by atomic mass is 9.99. The van der Waals surface area contributed by atoms with Crippen molar-refractivity contribution in [1.29, 1.82) is 0 Å². The lowest BCUT2D eigenvalue weighted by molar-refractivity contribution is 0.426. The number of nitrogens with zero attached hydrogens (tertiary/aromatic N) is 1. The molecule has 106 valence electrons. The second-order valence-electron chi connectivity index (χ2n) is 5.23. The van der Waals surface area contributed by atoms with E-state index in [1.165, 1.54) is 0 Å². The van der Waals surface area contributed by atoms with Crippen LogP contribution in [0.2, 0.25) is 0 Å². The van der Waals surface area contributed by atoms with Gasteiger partial charge in [0.25, 0.3) is 0 Å². The van der Waals surface area contributed by atoms with Crippen molar-refractivity contribution in [3.8, 4) is 0 Å². The van der Waals surface area contributed by atoms with Gasteiger partial charge in [-0.25, -0.2) is 13.6 Å². The van der Waals surface area contributed by atoms with Crippen molar-refractivity contribution in [3.05, 3.63) is 59.3 Å². The summed E-state index contributed by atoms with van der Waals surface area (Å²) >= 11 is 0. The summed E-state index contributed by atoms with van der Waals surface area (Å²) in [4.78, 5) is 2.25. The third kappa shape index (κ3) is 2.39. The van der Waals surface area contributed by atoms with Gasteiger partial charge in [-0.2, -0.15) is 0 Å². The summed E-state index contributed by atoms with van der Waals surface area (Å²) in [6.45, 7) is 1.86. The van der Waals surface area contributed by atoms with E-state index in [0.29, 0.717) is 0 Å². The number of primary sulfonamides is 1. The molecular formula is C15H18N2O2S. The van der Waals surface area contributed by atoms with Gasteiger partial charge in [0.05, 0.1) is 0 Å². The molecule has 1 atom stereocenters. The van der Waals surface area contributed by atoms with E-state index in [1.54, 1.807) is 0 Å². The SMILES string of the molecule is NS(=O)(=O)C(C1=C2CCCN2CC=C1)c1ccccc1. The molecule has 0 bridgehead atoms. The van der Waals surface area contributed by atoms with Crippen molar-refractivity contribution < 1.29 is 8.42 Å². The van der Waals surface area contributed by atoms with Crippen LogP contribution in [0, 0.1) is 0 Å². The highest BCUT2D eigenvalue weighted by atomic mass is 32.2. The Morgan fingerprint density at radius 3 is 2.65 bits per heavy atom. The molecule has 0 aliphatic carbocycles. The summed E-state index contributed by atoms with van der Waals surface area (Å²) in [5.74, 6) is 0. The van der Waals surface area contributed by atoms with Crippen LogP contribution in [0.3, 0.4) is 0 Å². The Kier molecular flexibility index (Phi) is 3.40. The number of rotatable bonds is 3. The molecule has 1 fully saturated rings. The first-order valence-electron chi connectivity index (χ1n) is 6.78. The molecule has 1 aromatic carbocycles. The first-order valence-corrected chi connectivity index (χ1v) is 8.39. The molecular weight excluding hydrogens is 272 g/mol. The van der Waals surface area contributed by atoms with Crippen LogP contribution in [0.25, 0.3) is 0 Å². The Bertz CT molecular complexity index is 662. The average molecular weight is 290 g/mol. The number of allylic oxidation sites excluding steroid dienone is 2. The van der Waals surface area contributed by atoms with Gasteiger partial charge in [0.1, 0.15) is 5.25 Å². The van der Waals surface area contributed by atoms with Gasteiger partial charge in [0.15, 0.2) is 0 Å². The Morgan fingerprint density at radius 2 is 1.95 bits per heavy atom. The Hall–Kier alpha value is -1.59. The smallest absolute Gasteiger partial charge is 0.220 e. The third-order valence-corrected chi connectivity index (χ3v) is 5.08. The van der Waals surface area contributed by atoms with Gasteiger partial charge in [-0.3, -0.25) is 0 Å². The van der Waals surface area contributed by atoms with Crippen LogP contribution in [0.15, 0.2) is 53.8 Å². The number of nitrogens with two attached hydrogens (primary N) is 1. The monoisotopic (exact) mass is 290 g/mol. The Labute approximate surface area is 119 Å². The first-order chi connectivity index (χ1) is 9.57. The zero-order valence-corrected chi connectivity index (χ0v) is 12.0. The summed E-state index contributed by atoms with van der Waals surface area (Å²) in [7, 11) is -3.69. The number of sulfonamides is 1. The van der Waals surface area contributed by atoms with Crippen LogP contribution in [0.5, 0.6) is 0 Å². The van der Waals surface area contributed by atoms with Crippen molar-refractivity contribution in [2.75, 3.05) is 13.1 Å². The van der Waals surface area contributed by atoms with Gasteiger partial charge < -0.3 is 4.90 Å². The van der Waals surface area contributed by atoms with Crippen LogP contribution in [-0.4, -0.2) is 26.4 Å². The van der Waals surface area contributed by atoms with E-state index in [0.717, 1.165) is 42.8 Å². The largest absolute Gasteiger partial charge is 0.371 e. The van der Waals surface area contributed by atoms with Crippen molar-refractivity contribution in [1.82, 2.24) is 4.90 Å². The lowest BCUT2D eigenvalue weighted by Gasteiger charge is -2.28. The fraction of sp³-hybridized carbons (Fsp3) is 0.333. The van der Waals surface area contributed by atoms with Crippen LogP contribution in [0.4, 0.5) is 0 Å². The molecule has 0 amide bonds. The standard InChI is InChI=1S/C15H18N2O2S/c16-20(18,19)15(12-6-2-1-3-7-12)13-8-4-10-17-11-5-9-14(13)17/h1-4,6-8,15H,5,9-11H2,(H2,16,18,19). The third-order valence-electron chi connectivity index (χ3n) is 3.89. The summed E-state index contributed by atoms with van der Waals surface area (Å²) in [5, 5.41) is 4.74. The molecule has 0 saturated carbocycles. The average Bonchev–Trinajstić information content (AvgIpc) is 2.88. The number of hydrogen-bond donors (Lipinski definition) is 1. The highest BCUT2D eigenvalue weighted by Gasteiger charge is 2.32. The molecule has 1 aromatic rings. The van der Waals surface area contributed by atoms with E-state index in [4.69, 9.17) is 5.14 Å². The van der Waals surface area contributed by atoms with E-state index >= 15 is 0 Å². The van der Waals surface area contributed by atoms with Crippen molar-refractivity contribution in [2.45, 2.75) is 18.1 Å². The summed E-state index contributed by atoms with van der Waals surface area (Å²) in [6.07, 6.45) is 5.95. The van der Waals surface area contributed by atoms with Gasteiger partial charge >= 0.3 is 0 Å². The first kappa shape index (κ1) is 13.4. The van der Waals surface area contributed by atoms with Gasteiger partial charge in [-0.1, -0.05) is 42.5 Å². The minimum Gasteiger partial charge on any atom is -0.371 e. The molecule has 0 aromatic heterocycles. The summed E-state index contributed by atoms with van der Waals surface area (Å²) in [6, 6.07) is 9.21. The minimum atomic E-state index is -3.69. The zero-order chi connectivity index (χ0) is 14.2. The Morgan fingerprint density at radius 1 is 1.20 bits per heavy atom. The van der Waals surface area contributed by atoms with Crippen LogP contribution in [0.1, 0.15) is 23.7 Å². The van der Waals surface area contributed by atoms with Gasteiger partial charge in [-0.05, 0) is 24.0 Å². The topological polar surface area (TPSA) is 63.4 Å². The predicted molar refractivity (Wildman–Crippen MR) is 79.3 cm³/mol. The minimum absolute atomic E-state index is 0.732. The second kappa shape index (κ2) is 5.07. The van der Waals surface area contributed by atoms with Crippen molar-refractivity contribution in [3.63, 3.8) is 0 Å². The molecule has 0 spiro atoms. The van der Waals surface area contributed by atoms with Crippen LogP contribution in [-0.2, 0) is 10.0 Å². The highest BCUT2D eigenvalue weighted by molar-refractivity contribution is 7.89. The molecule has 3 rings (SSSR count). The number of hydrogen-bond acceptors (Lipinski definition) is 3. The fourth-order valence-electron chi connectivity index (χ4n) is 3.07. The maximum absolute atomic E-state index is 12.1. The molecule has 5 heteroatoms. The zero-order valence-electron chi connectivity index (χ0n) is 11.2. The molecule has 2 heterocycles. The van der Waals surface area contributed by atoms with Crippen LogP contribution < -0.4 is 5.14 Å². The van der Waals surface area contributed by atoms with Gasteiger partial charge in [0, 0.05) is 18.8 Å². The Balaban J connectivity index is 2.14. The predicted octanol–water partition coefficient (Wildman–Crippen LogP) is 1.94. The van der Waals surface area contributed by atoms with Crippen LogP contribution >= 0.6 is 0 Å². The normalized spacial score (nSPS) is 20.1. The lowest BCUT2D eigenvalue weighted by Crippen LogP contribution is -2.28. The van der Waals surface area contributed by atoms with E-state index < -0.39 is 15.3 Å². The molecule has 2 aliphatic rings. The molecule has 20 heavy (non-hydrogen) atoms. The van der Waals surface area contributed by atoms with Gasteiger partial charge in [-0.15, -0.1) is 0 Å². The van der Waals surface area contributed by atoms with Gasteiger partial charge in [0.2, 0.25) is 10.0 Å². The molecule has 0 radical (unpaired) electrons.